The van der Waals surface area contributed by atoms with Gasteiger partial charge >= 0.3 is 0 Å². The Labute approximate surface area is 76.1 Å². The lowest BCUT2D eigenvalue weighted by Crippen LogP contribution is -2.26. The first kappa shape index (κ1) is 7.52. The van der Waals surface area contributed by atoms with Crippen LogP contribution in [0.5, 0.6) is 0 Å². The van der Waals surface area contributed by atoms with Crippen molar-refractivity contribution in [2.24, 2.45) is 0 Å². The number of hydrogen-bond acceptors (Lipinski definition) is 2. The van der Waals surface area contributed by atoms with Gasteiger partial charge in [0.15, 0.2) is 5.11 Å². The third-order valence-corrected chi connectivity index (χ3v) is 1.96. The summed E-state index contributed by atoms with van der Waals surface area (Å²) >= 11 is 4.91. The SMILES string of the molecule is S=C1NNC(c2ccccc2)N1. The van der Waals surface area contributed by atoms with E-state index < -0.39 is 0 Å². The van der Waals surface area contributed by atoms with Crippen molar-refractivity contribution in [3.63, 3.8) is 0 Å². The number of nitrogens with one attached hydrogen (secondary N) is 3. The van der Waals surface area contributed by atoms with Gasteiger partial charge in [-0.1, -0.05) is 30.3 Å². The van der Waals surface area contributed by atoms with Gasteiger partial charge in [-0.25, -0.2) is 5.43 Å². The lowest BCUT2D eigenvalue weighted by Gasteiger charge is -2.08. The van der Waals surface area contributed by atoms with E-state index in [0.717, 1.165) is 0 Å². The van der Waals surface area contributed by atoms with Crippen molar-refractivity contribution in [2.75, 3.05) is 0 Å². The van der Waals surface area contributed by atoms with E-state index in [0.29, 0.717) is 5.11 Å². The van der Waals surface area contributed by atoms with Crippen LogP contribution in [0.15, 0.2) is 30.3 Å². The summed E-state index contributed by atoms with van der Waals surface area (Å²) in [5.41, 5.74) is 7.03. The van der Waals surface area contributed by atoms with Crippen LogP contribution < -0.4 is 16.2 Å². The zero-order chi connectivity index (χ0) is 8.39. The Morgan fingerprint density at radius 1 is 1.17 bits per heavy atom. The normalized spacial score (nSPS) is 21.7. The number of hydrogen-bond donors (Lipinski definition) is 3. The fourth-order valence-corrected chi connectivity index (χ4v) is 1.33. The van der Waals surface area contributed by atoms with Gasteiger partial charge in [-0.3, -0.25) is 5.43 Å². The Bertz CT molecular complexity index is 286. The molecule has 0 spiro atoms. The fraction of sp³-hybridized carbons (Fsp3) is 0.125. The zero-order valence-electron chi connectivity index (χ0n) is 6.37. The van der Waals surface area contributed by atoms with Crippen LogP contribution in [0, 0.1) is 0 Å². The molecule has 1 unspecified atom stereocenters. The highest BCUT2D eigenvalue weighted by Crippen LogP contribution is 2.10. The van der Waals surface area contributed by atoms with Gasteiger partial charge in [-0.05, 0) is 17.8 Å². The molecule has 62 valence electrons. The fourth-order valence-electron chi connectivity index (χ4n) is 1.15. The molecule has 0 saturated carbocycles. The molecular formula is C8H9N3S. The van der Waals surface area contributed by atoms with Gasteiger partial charge in [0, 0.05) is 0 Å². The minimum atomic E-state index is 0.0960. The van der Waals surface area contributed by atoms with Crippen LogP contribution in [0.25, 0.3) is 0 Å². The van der Waals surface area contributed by atoms with E-state index in [1.54, 1.807) is 0 Å². The predicted molar refractivity (Wildman–Crippen MR) is 51.2 cm³/mol. The molecule has 3 N–H and O–H groups in total. The van der Waals surface area contributed by atoms with Crippen molar-refractivity contribution in [3.8, 4) is 0 Å². The topological polar surface area (TPSA) is 36.1 Å². The summed E-state index contributed by atoms with van der Waals surface area (Å²) in [5.74, 6) is 0. The molecule has 2 rings (SSSR count). The molecule has 1 aromatic carbocycles. The minimum absolute atomic E-state index is 0.0960. The van der Waals surface area contributed by atoms with Crippen molar-refractivity contribution < 1.29 is 0 Å². The largest absolute Gasteiger partial charge is 0.341 e. The average Bonchev–Trinajstić information content (AvgIpc) is 2.54. The number of rotatable bonds is 1. The summed E-state index contributed by atoms with van der Waals surface area (Å²) in [7, 11) is 0. The Morgan fingerprint density at radius 3 is 2.50 bits per heavy atom. The van der Waals surface area contributed by atoms with Gasteiger partial charge in [-0.2, -0.15) is 0 Å². The molecule has 1 heterocycles. The molecule has 12 heavy (non-hydrogen) atoms. The maximum absolute atomic E-state index is 4.91. The van der Waals surface area contributed by atoms with Crippen molar-refractivity contribution in [3.05, 3.63) is 35.9 Å². The lowest BCUT2D eigenvalue weighted by molar-refractivity contribution is 0.555. The van der Waals surface area contributed by atoms with Crippen LogP contribution >= 0.6 is 12.2 Å². The van der Waals surface area contributed by atoms with E-state index in [1.165, 1.54) is 5.56 Å². The molecule has 1 fully saturated rings. The Hall–Kier alpha value is -1.13. The molecule has 0 bridgehead atoms. The van der Waals surface area contributed by atoms with Crippen LogP contribution in [0.4, 0.5) is 0 Å². The Kier molecular flexibility index (Phi) is 1.93. The van der Waals surface area contributed by atoms with E-state index in [4.69, 9.17) is 12.2 Å². The molecule has 1 aliphatic heterocycles. The van der Waals surface area contributed by atoms with Crippen molar-refractivity contribution in [1.29, 1.82) is 0 Å². The van der Waals surface area contributed by atoms with Crippen molar-refractivity contribution >= 4 is 17.3 Å². The molecule has 0 amide bonds. The third-order valence-electron chi connectivity index (χ3n) is 1.74. The minimum Gasteiger partial charge on any atom is -0.341 e. The second-order valence-corrected chi connectivity index (χ2v) is 2.99. The standard InChI is InChI=1S/C8H9N3S/c12-8-9-7(10-11-8)6-4-2-1-3-5-6/h1-5,7,10H,(H2,9,11,12). The third kappa shape index (κ3) is 1.39. The number of benzene rings is 1. The second kappa shape index (κ2) is 3.08. The van der Waals surface area contributed by atoms with Gasteiger partial charge in [0.05, 0.1) is 0 Å². The monoisotopic (exact) mass is 179 g/mol. The van der Waals surface area contributed by atoms with Crippen LogP contribution in [-0.2, 0) is 0 Å². The van der Waals surface area contributed by atoms with E-state index in [9.17, 15) is 0 Å². The molecule has 1 aliphatic rings. The summed E-state index contributed by atoms with van der Waals surface area (Å²) < 4.78 is 0. The first-order chi connectivity index (χ1) is 5.86. The molecule has 3 nitrogen and oxygen atoms in total. The first-order valence-corrected chi connectivity index (χ1v) is 4.14. The summed E-state index contributed by atoms with van der Waals surface area (Å²) in [6, 6.07) is 10.1. The molecule has 0 aromatic heterocycles. The van der Waals surface area contributed by atoms with Crippen LogP contribution in [-0.4, -0.2) is 5.11 Å². The molecule has 4 heteroatoms. The molecular weight excluding hydrogens is 170 g/mol. The molecule has 1 saturated heterocycles. The predicted octanol–water partition coefficient (Wildman–Crippen LogP) is 0.667. The second-order valence-electron chi connectivity index (χ2n) is 2.59. The van der Waals surface area contributed by atoms with Crippen molar-refractivity contribution in [1.82, 2.24) is 16.2 Å². The maximum Gasteiger partial charge on any atom is 0.182 e. The smallest absolute Gasteiger partial charge is 0.182 e. The van der Waals surface area contributed by atoms with E-state index in [2.05, 4.69) is 16.2 Å². The van der Waals surface area contributed by atoms with Gasteiger partial charge in [0.2, 0.25) is 0 Å². The van der Waals surface area contributed by atoms with Crippen LogP contribution in [0.2, 0.25) is 0 Å². The highest BCUT2D eigenvalue weighted by Gasteiger charge is 2.17. The van der Waals surface area contributed by atoms with Gasteiger partial charge < -0.3 is 5.32 Å². The summed E-state index contributed by atoms with van der Waals surface area (Å²) in [6.45, 7) is 0. The summed E-state index contributed by atoms with van der Waals surface area (Å²) in [4.78, 5) is 0. The molecule has 0 radical (unpaired) electrons. The summed E-state index contributed by atoms with van der Waals surface area (Å²) in [5, 5.41) is 3.72. The first-order valence-electron chi connectivity index (χ1n) is 3.73. The molecule has 1 atom stereocenters. The number of hydrazine groups is 1. The zero-order valence-corrected chi connectivity index (χ0v) is 7.19. The maximum atomic E-state index is 4.91. The van der Waals surface area contributed by atoms with Crippen LogP contribution in [0.3, 0.4) is 0 Å². The van der Waals surface area contributed by atoms with Gasteiger partial charge in [-0.15, -0.1) is 0 Å². The lowest BCUT2D eigenvalue weighted by atomic mass is 10.2. The van der Waals surface area contributed by atoms with E-state index in [-0.39, 0.29) is 6.17 Å². The van der Waals surface area contributed by atoms with Gasteiger partial charge in [0.25, 0.3) is 0 Å². The Balaban J connectivity index is 2.16. The molecule has 0 aliphatic carbocycles. The average molecular weight is 179 g/mol. The highest BCUT2D eigenvalue weighted by molar-refractivity contribution is 7.80. The quantitative estimate of drug-likeness (QED) is 0.554. The number of thiocarbonyl (C=S) groups is 1. The summed E-state index contributed by atoms with van der Waals surface area (Å²) in [6.07, 6.45) is 0.0960. The van der Waals surface area contributed by atoms with Crippen LogP contribution in [0.1, 0.15) is 11.7 Å². The van der Waals surface area contributed by atoms with Crippen molar-refractivity contribution in [2.45, 2.75) is 6.17 Å². The Morgan fingerprint density at radius 2 is 1.92 bits per heavy atom. The molecule has 1 aromatic rings. The highest BCUT2D eigenvalue weighted by atomic mass is 32.1. The van der Waals surface area contributed by atoms with Gasteiger partial charge in [0.1, 0.15) is 6.17 Å². The van der Waals surface area contributed by atoms with E-state index >= 15 is 0 Å². The van der Waals surface area contributed by atoms with E-state index in [1.807, 2.05) is 30.3 Å².